The van der Waals surface area contributed by atoms with Crippen molar-refractivity contribution in [3.05, 3.63) is 65.7 Å². The van der Waals surface area contributed by atoms with Crippen LogP contribution in [-0.4, -0.2) is 25.6 Å². The zero-order valence-electron chi connectivity index (χ0n) is 13.6. The minimum atomic E-state index is -0.578. The number of hydrogen-bond acceptors (Lipinski definition) is 4. The zero-order valence-corrected chi connectivity index (χ0v) is 13.6. The number of amides is 1. The zero-order chi connectivity index (χ0) is 17.4. The molecule has 0 radical (unpaired) electrons. The van der Waals surface area contributed by atoms with E-state index < -0.39 is 5.97 Å². The van der Waals surface area contributed by atoms with E-state index in [-0.39, 0.29) is 12.5 Å². The minimum Gasteiger partial charge on any atom is -0.497 e. The predicted octanol–water partition coefficient (Wildman–Crippen LogP) is 3.20. The molecule has 5 nitrogen and oxygen atoms in total. The summed E-state index contributed by atoms with van der Waals surface area (Å²) in [5.41, 5.74) is 2.47. The maximum Gasteiger partial charge on any atom is 0.331 e. The van der Waals surface area contributed by atoms with Crippen LogP contribution in [0, 0.1) is 6.92 Å². The highest BCUT2D eigenvalue weighted by atomic mass is 16.5. The number of esters is 1. The SMILES string of the molecule is COc1ccc(/C=C/C(=O)OCC(=O)Nc2ccccc2C)cc1. The second kappa shape index (κ2) is 8.53. The number of rotatable bonds is 6. The van der Waals surface area contributed by atoms with Gasteiger partial charge in [0.25, 0.3) is 5.91 Å². The van der Waals surface area contributed by atoms with Crippen LogP contribution in [0.2, 0.25) is 0 Å². The first-order valence-corrected chi connectivity index (χ1v) is 7.43. The van der Waals surface area contributed by atoms with Crippen LogP contribution in [0.4, 0.5) is 5.69 Å². The molecule has 0 saturated carbocycles. The highest BCUT2D eigenvalue weighted by Gasteiger charge is 2.06. The molecule has 0 aliphatic heterocycles. The number of hydrogen-bond donors (Lipinski definition) is 1. The Balaban J connectivity index is 1.80. The van der Waals surface area contributed by atoms with Crippen molar-refractivity contribution in [2.24, 2.45) is 0 Å². The summed E-state index contributed by atoms with van der Waals surface area (Å²) >= 11 is 0. The number of carbonyl (C=O) groups excluding carboxylic acids is 2. The molecule has 0 unspecified atom stereocenters. The van der Waals surface area contributed by atoms with Crippen molar-refractivity contribution in [2.45, 2.75) is 6.92 Å². The van der Waals surface area contributed by atoms with E-state index in [2.05, 4.69) is 5.32 Å². The van der Waals surface area contributed by atoms with Gasteiger partial charge in [0.05, 0.1) is 7.11 Å². The van der Waals surface area contributed by atoms with E-state index in [4.69, 9.17) is 9.47 Å². The smallest absolute Gasteiger partial charge is 0.331 e. The van der Waals surface area contributed by atoms with Gasteiger partial charge in [-0.05, 0) is 42.3 Å². The summed E-state index contributed by atoms with van der Waals surface area (Å²) in [6.07, 6.45) is 2.89. The molecule has 0 saturated heterocycles. The summed E-state index contributed by atoms with van der Waals surface area (Å²) < 4.78 is 9.98. The van der Waals surface area contributed by atoms with E-state index in [0.29, 0.717) is 5.69 Å². The molecule has 24 heavy (non-hydrogen) atoms. The molecule has 0 heterocycles. The van der Waals surface area contributed by atoms with Gasteiger partial charge >= 0.3 is 5.97 Å². The van der Waals surface area contributed by atoms with Crippen LogP contribution in [-0.2, 0) is 14.3 Å². The van der Waals surface area contributed by atoms with Crippen molar-refractivity contribution in [3.63, 3.8) is 0 Å². The van der Waals surface area contributed by atoms with E-state index in [1.807, 2.05) is 37.3 Å². The van der Waals surface area contributed by atoms with E-state index in [1.54, 1.807) is 31.4 Å². The first-order chi connectivity index (χ1) is 11.6. The number of anilines is 1. The van der Waals surface area contributed by atoms with Crippen LogP contribution in [0.1, 0.15) is 11.1 Å². The average molecular weight is 325 g/mol. The van der Waals surface area contributed by atoms with E-state index in [0.717, 1.165) is 16.9 Å². The molecule has 0 aromatic heterocycles. The van der Waals surface area contributed by atoms with Gasteiger partial charge in [0.2, 0.25) is 0 Å². The third-order valence-electron chi connectivity index (χ3n) is 3.29. The first-order valence-electron chi connectivity index (χ1n) is 7.43. The lowest BCUT2D eigenvalue weighted by Gasteiger charge is -2.07. The normalized spacial score (nSPS) is 10.4. The number of benzene rings is 2. The van der Waals surface area contributed by atoms with E-state index in [1.165, 1.54) is 6.08 Å². The topological polar surface area (TPSA) is 64.6 Å². The lowest BCUT2D eigenvalue weighted by atomic mass is 10.2. The number of para-hydroxylation sites is 1. The lowest BCUT2D eigenvalue weighted by molar-refractivity contribution is -0.142. The molecular weight excluding hydrogens is 306 g/mol. The summed E-state index contributed by atoms with van der Waals surface area (Å²) in [4.78, 5) is 23.4. The molecule has 1 amide bonds. The summed E-state index contributed by atoms with van der Waals surface area (Å²) in [5, 5.41) is 2.70. The minimum absolute atomic E-state index is 0.333. The molecule has 0 bridgehead atoms. The van der Waals surface area contributed by atoms with Crippen molar-refractivity contribution in [3.8, 4) is 5.75 Å². The number of methoxy groups -OCH3 is 1. The van der Waals surface area contributed by atoms with Gasteiger partial charge in [-0.15, -0.1) is 0 Å². The Labute approximate surface area is 140 Å². The molecule has 124 valence electrons. The van der Waals surface area contributed by atoms with Crippen molar-refractivity contribution in [1.82, 2.24) is 0 Å². The van der Waals surface area contributed by atoms with Crippen molar-refractivity contribution in [2.75, 3.05) is 19.0 Å². The van der Waals surface area contributed by atoms with Gasteiger partial charge in [0, 0.05) is 11.8 Å². The maximum absolute atomic E-state index is 11.8. The standard InChI is InChI=1S/C19H19NO4/c1-14-5-3-4-6-17(14)20-18(21)13-24-19(22)12-9-15-7-10-16(23-2)11-8-15/h3-12H,13H2,1-2H3,(H,20,21)/b12-9+. The van der Waals surface area contributed by atoms with E-state index >= 15 is 0 Å². The van der Waals surface area contributed by atoms with Crippen LogP contribution in [0.5, 0.6) is 5.75 Å². The Morgan fingerprint density at radius 2 is 1.79 bits per heavy atom. The summed E-state index contributed by atoms with van der Waals surface area (Å²) in [5.74, 6) is -0.219. The Bertz CT molecular complexity index is 735. The summed E-state index contributed by atoms with van der Waals surface area (Å²) in [7, 11) is 1.59. The Kier molecular flexibility index (Phi) is 6.14. The molecular formula is C19H19NO4. The van der Waals surface area contributed by atoms with Gasteiger partial charge in [-0.1, -0.05) is 30.3 Å². The third kappa shape index (κ3) is 5.28. The van der Waals surface area contributed by atoms with Crippen LogP contribution in [0.3, 0.4) is 0 Å². The van der Waals surface area contributed by atoms with Crippen LogP contribution < -0.4 is 10.1 Å². The second-order valence-electron chi connectivity index (χ2n) is 5.08. The monoisotopic (exact) mass is 325 g/mol. The molecule has 2 aromatic carbocycles. The van der Waals surface area contributed by atoms with Gasteiger partial charge in [-0.3, -0.25) is 4.79 Å². The average Bonchev–Trinajstić information content (AvgIpc) is 2.60. The molecule has 0 spiro atoms. The number of carbonyl (C=O) groups is 2. The predicted molar refractivity (Wildman–Crippen MR) is 92.8 cm³/mol. The van der Waals surface area contributed by atoms with Gasteiger partial charge in [0.15, 0.2) is 6.61 Å². The second-order valence-corrected chi connectivity index (χ2v) is 5.08. The largest absolute Gasteiger partial charge is 0.497 e. The maximum atomic E-state index is 11.8. The fourth-order valence-electron chi connectivity index (χ4n) is 1.96. The molecule has 0 aliphatic carbocycles. The molecule has 0 fully saturated rings. The van der Waals surface area contributed by atoms with Crippen LogP contribution in [0.25, 0.3) is 6.08 Å². The fraction of sp³-hybridized carbons (Fsp3) is 0.158. The Hall–Kier alpha value is -3.08. The van der Waals surface area contributed by atoms with Gasteiger partial charge in [-0.25, -0.2) is 4.79 Å². The number of aryl methyl sites for hydroxylation is 1. The Morgan fingerprint density at radius 3 is 2.46 bits per heavy atom. The molecule has 2 aromatic rings. The molecule has 0 aliphatic rings. The Morgan fingerprint density at radius 1 is 1.08 bits per heavy atom. The lowest BCUT2D eigenvalue weighted by Crippen LogP contribution is -2.20. The van der Waals surface area contributed by atoms with Crippen molar-refractivity contribution in [1.29, 1.82) is 0 Å². The molecule has 1 N–H and O–H groups in total. The number of nitrogens with one attached hydrogen (secondary N) is 1. The highest BCUT2D eigenvalue weighted by Crippen LogP contribution is 2.13. The van der Waals surface area contributed by atoms with Crippen LogP contribution in [0.15, 0.2) is 54.6 Å². The highest BCUT2D eigenvalue weighted by molar-refractivity contribution is 5.95. The quantitative estimate of drug-likeness (QED) is 0.654. The summed E-state index contributed by atoms with van der Waals surface area (Å²) in [6.45, 7) is 1.55. The molecule has 5 heteroatoms. The summed E-state index contributed by atoms with van der Waals surface area (Å²) in [6, 6.07) is 14.6. The first kappa shape index (κ1) is 17.3. The van der Waals surface area contributed by atoms with Gasteiger partial charge in [0.1, 0.15) is 5.75 Å². The van der Waals surface area contributed by atoms with Crippen LogP contribution >= 0.6 is 0 Å². The van der Waals surface area contributed by atoms with Gasteiger partial charge in [-0.2, -0.15) is 0 Å². The molecule has 0 atom stereocenters. The van der Waals surface area contributed by atoms with Crippen molar-refractivity contribution < 1.29 is 19.1 Å². The van der Waals surface area contributed by atoms with Crippen molar-refractivity contribution >= 4 is 23.6 Å². The fourth-order valence-corrected chi connectivity index (χ4v) is 1.96. The van der Waals surface area contributed by atoms with Gasteiger partial charge < -0.3 is 14.8 Å². The molecule has 2 rings (SSSR count). The third-order valence-corrected chi connectivity index (χ3v) is 3.29. The van der Waals surface area contributed by atoms with E-state index in [9.17, 15) is 9.59 Å². The number of ether oxygens (including phenoxy) is 2.